The number of carbonyl (C=O) groups excluding carboxylic acids is 1. The minimum atomic E-state index is -3.59. The van der Waals surface area contributed by atoms with Crippen molar-refractivity contribution in [3.63, 3.8) is 0 Å². The molecule has 0 atom stereocenters. The quantitative estimate of drug-likeness (QED) is 0.358. The predicted octanol–water partition coefficient (Wildman–Crippen LogP) is 0.986. The van der Waals surface area contributed by atoms with Crippen LogP contribution in [0.4, 0.5) is 0 Å². The Morgan fingerprint density at radius 2 is 2.14 bits per heavy atom. The van der Waals surface area contributed by atoms with E-state index in [0.29, 0.717) is 28.5 Å². The summed E-state index contributed by atoms with van der Waals surface area (Å²) in [7, 11) is -3.59. The van der Waals surface area contributed by atoms with E-state index in [-0.39, 0.29) is 18.9 Å². The number of ketones is 1. The van der Waals surface area contributed by atoms with Gasteiger partial charge in [0, 0.05) is 18.8 Å². The first-order valence-corrected chi connectivity index (χ1v) is 11.3. The Morgan fingerprint density at radius 1 is 1.34 bits per heavy atom. The molecule has 0 unspecified atom stereocenters. The molecular formula is C17H19N5O5S2. The van der Waals surface area contributed by atoms with E-state index >= 15 is 0 Å². The molecule has 3 aromatic heterocycles. The summed E-state index contributed by atoms with van der Waals surface area (Å²) in [6.07, 6.45) is 6.49. The summed E-state index contributed by atoms with van der Waals surface area (Å²) in [4.78, 5) is 33.9. The number of carbonyl (C=O) groups is 1. The lowest BCUT2D eigenvalue weighted by molar-refractivity contribution is 0.0986. The number of aromatic nitrogens is 5. The fourth-order valence-electron chi connectivity index (χ4n) is 2.56. The number of hydrogen-bond acceptors (Lipinski definition) is 9. The van der Waals surface area contributed by atoms with Crippen molar-refractivity contribution in [2.24, 2.45) is 0 Å². The summed E-state index contributed by atoms with van der Waals surface area (Å²) in [6, 6.07) is 3.73. The van der Waals surface area contributed by atoms with Gasteiger partial charge in [0.2, 0.25) is 0 Å². The van der Waals surface area contributed by atoms with Crippen molar-refractivity contribution in [3.8, 4) is 5.13 Å². The van der Waals surface area contributed by atoms with Crippen LogP contribution in [0.25, 0.3) is 5.13 Å². The van der Waals surface area contributed by atoms with Crippen molar-refractivity contribution < 1.29 is 17.4 Å². The van der Waals surface area contributed by atoms with Crippen molar-refractivity contribution in [2.75, 3.05) is 12.9 Å². The lowest BCUT2D eigenvalue weighted by Gasteiger charge is -2.00. The topological polar surface area (TPSA) is 126 Å². The summed E-state index contributed by atoms with van der Waals surface area (Å²) in [5.74, 6) is -0.0582. The molecule has 12 heteroatoms. The summed E-state index contributed by atoms with van der Waals surface area (Å²) in [5.41, 5.74) is 1.02. The highest BCUT2D eigenvalue weighted by atomic mass is 32.2. The van der Waals surface area contributed by atoms with Crippen molar-refractivity contribution in [2.45, 2.75) is 26.3 Å². The highest BCUT2D eigenvalue weighted by molar-refractivity contribution is 7.85. The molecule has 0 saturated carbocycles. The number of nitrogens with zero attached hydrogens (tertiary/aromatic N) is 5. The minimum absolute atomic E-state index is 0.0276. The summed E-state index contributed by atoms with van der Waals surface area (Å²) in [6.45, 7) is 1.48. The van der Waals surface area contributed by atoms with Crippen LogP contribution in [0, 0.1) is 6.92 Å². The molecule has 154 valence electrons. The highest BCUT2D eigenvalue weighted by Gasteiger charge is 2.18. The molecule has 0 spiro atoms. The third-order valence-corrected chi connectivity index (χ3v) is 5.73. The monoisotopic (exact) mass is 437 g/mol. The van der Waals surface area contributed by atoms with Gasteiger partial charge >= 0.3 is 5.69 Å². The maximum atomic E-state index is 12.6. The zero-order valence-electron chi connectivity index (χ0n) is 15.8. The van der Waals surface area contributed by atoms with Gasteiger partial charge in [-0.25, -0.2) is 19.0 Å². The lowest BCUT2D eigenvalue weighted by Crippen LogP contribution is -2.26. The second-order valence-electron chi connectivity index (χ2n) is 6.23. The van der Waals surface area contributed by atoms with Gasteiger partial charge in [0.15, 0.2) is 10.9 Å². The molecule has 0 saturated heterocycles. The van der Waals surface area contributed by atoms with E-state index in [9.17, 15) is 18.0 Å². The van der Waals surface area contributed by atoms with E-state index in [1.807, 2.05) is 12.1 Å². The largest absolute Gasteiger partial charge is 0.352 e. The number of hydrogen-bond donors (Lipinski definition) is 0. The summed E-state index contributed by atoms with van der Waals surface area (Å²) >= 11 is 1.12. The van der Waals surface area contributed by atoms with E-state index in [1.165, 1.54) is 10.9 Å². The van der Waals surface area contributed by atoms with Gasteiger partial charge in [0.1, 0.15) is 6.33 Å². The first kappa shape index (κ1) is 21.0. The molecule has 0 amide bonds. The van der Waals surface area contributed by atoms with Crippen LogP contribution in [-0.4, -0.2) is 51.4 Å². The van der Waals surface area contributed by atoms with E-state index in [2.05, 4.69) is 19.2 Å². The molecule has 3 aromatic rings. The smallest absolute Gasteiger partial charge is 0.293 e. The highest BCUT2D eigenvalue weighted by Crippen LogP contribution is 2.22. The van der Waals surface area contributed by atoms with Gasteiger partial charge < -0.3 is 0 Å². The molecule has 10 nitrogen and oxygen atoms in total. The van der Waals surface area contributed by atoms with Gasteiger partial charge in [0.25, 0.3) is 10.1 Å². The SMILES string of the molecule is Cc1nc(-n2cnn(CCOS(C)(=O)=O)c2=O)sc1C(=O)CCc1cccnc1. The Kier molecular flexibility index (Phi) is 6.35. The zero-order chi connectivity index (χ0) is 21.0. The van der Waals surface area contributed by atoms with E-state index in [4.69, 9.17) is 0 Å². The average molecular weight is 438 g/mol. The van der Waals surface area contributed by atoms with E-state index in [1.54, 1.807) is 19.3 Å². The molecule has 3 heterocycles. The summed E-state index contributed by atoms with van der Waals surface area (Å²) < 4.78 is 28.9. The van der Waals surface area contributed by atoms with Crippen LogP contribution in [0.15, 0.2) is 35.6 Å². The number of pyridine rings is 1. The Labute approximate surface area is 170 Å². The first-order valence-electron chi connectivity index (χ1n) is 8.63. The molecule has 0 radical (unpaired) electrons. The van der Waals surface area contributed by atoms with Gasteiger partial charge in [-0.2, -0.15) is 13.5 Å². The number of rotatable bonds is 9. The summed E-state index contributed by atoms with van der Waals surface area (Å²) in [5, 5.41) is 4.26. The molecule has 0 aromatic carbocycles. The van der Waals surface area contributed by atoms with Gasteiger partial charge in [-0.3, -0.25) is 14.0 Å². The molecule has 0 aliphatic carbocycles. The standard InChI is InChI=1S/C17H19N5O5S2/c1-12-15(14(23)6-5-13-4-3-7-18-10-13)28-16(20-12)21-11-19-22(17(21)24)8-9-27-29(2,25)26/h3-4,7,10-11H,5-6,8-9H2,1-2H3. The first-order chi connectivity index (χ1) is 13.7. The van der Waals surface area contributed by atoms with Crippen molar-refractivity contribution in [1.29, 1.82) is 0 Å². The van der Waals surface area contributed by atoms with E-state index in [0.717, 1.165) is 27.8 Å². The molecule has 0 N–H and O–H groups in total. The Bertz CT molecular complexity index is 1160. The third kappa shape index (κ3) is 5.43. The van der Waals surface area contributed by atoms with Crippen LogP contribution in [0.2, 0.25) is 0 Å². The lowest BCUT2D eigenvalue weighted by atomic mass is 10.1. The molecule has 0 aliphatic heterocycles. The zero-order valence-corrected chi connectivity index (χ0v) is 17.4. The van der Waals surface area contributed by atoms with Crippen LogP contribution < -0.4 is 5.69 Å². The molecule has 0 aliphatic rings. The minimum Gasteiger partial charge on any atom is -0.293 e. The van der Waals surface area contributed by atoms with Crippen LogP contribution in [0.5, 0.6) is 0 Å². The molecule has 0 bridgehead atoms. The number of aryl methyl sites for hydroxylation is 2. The van der Waals surface area contributed by atoms with Crippen LogP contribution in [0.1, 0.15) is 27.3 Å². The fraction of sp³-hybridized carbons (Fsp3) is 0.353. The van der Waals surface area contributed by atoms with Crippen molar-refractivity contribution in [1.82, 2.24) is 24.3 Å². The average Bonchev–Trinajstić information content (AvgIpc) is 3.22. The molecule has 29 heavy (non-hydrogen) atoms. The van der Waals surface area contributed by atoms with Gasteiger partial charge in [-0.15, -0.1) is 0 Å². The van der Waals surface area contributed by atoms with Gasteiger partial charge in [-0.1, -0.05) is 17.4 Å². The maximum Gasteiger partial charge on any atom is 0.352 e. The van der Waals surface area contributed by atoms with Gasteiger partial charge in [0.05, 0.1) is 30.0 Å². The Morgan fingerprint density at radius 3 is 2.83 bits per heavy atom. The maximum absolute atomic E-state index is 12.6. The van der Waals surface area contributed by atoms with Crippen LogP contribution in [0.3, 0.4) is 0 Å². The normalized spacial score (nSPS) is 11.7. The molecular weight excluding hydrogens is 418 g/mol. The van der Waals surface area contributed by atoms with Crippen molar-refractivity contribution >= 4 is 27.2 Å². The second kappa shape index (κ2) is 8.76. The molecule has 3 rings (SSSR count). The molecule has 0 fully saturated rings. The third-order valence-electron chi connectivity index (χ3n) is 3.94. The van der Waals surface area contributed by atoms with Crippen LogP contribution >= 0.6 is 11.3 Å². The Balaban J connectivity index is 1.71. The second-order valence-corrected chi connectivity index (χ2v) is 8.85. The number of Topliss-reactive ketones (excluding diaryl/α,β-unsaturated/α-hetero) is 1. The van der Waals surface area contributed by atoms with E-state index < -0.39 is 15.8 Å². The van der Waals surface area contributed by atoms with Gasteiger partial charge in [-0.05, 0) is 25.0 Å². The van der Waals surface area contributed by atoms with Crippen LogP contribution in [-0.2, 0) is 27.3 Å². The Hall–Kier alpha value is -2.70. The predicted molar refractivity (Wildman–Crippen MR) is 106 cm³/mol. The van der Waals surface area contributed by atoms with Crippen molar-refractivity contribution in [3.05, 3.63) is 57.5 Å². The fourth-order valence-corrected chi connectivity index (χ4v) is 3.93. The number of thiazole rings is 1.